The lowest BCUT2D eigenvalue weighted by Crippen LogP contribution is -2.56. The third kappa shape index (κ3) is 12.9. The predicted molar refractivity (Wildman–Crippen MR) is 253 cm³/mol. The number of carbonyl (C=O) groups is 5. The van der Waals surface area contributed by atoms with Gasteiger partial charge >= 0.3 is 0 Å². The van der Waals surface area contributed by atoms with Gasteiger partial charge in [-0.25, -0.2) is 9.97 Å². The molecular weight excluding hydrogens is 855 g/mol. The number of aryl methyl sites for hydroxylation is 2. The zero-order valence-electron chi connectivity index (χ0n) is 39.3. The van der Waals surface area contributed by atoms with E-state index < -0.39 is 53.7 Å². The van der Waals surface area contributed by atoms with Gasteiger partial charge in [0.25, 0.3) is 5.91 Å². The molecule has 3 aromatic carbocycles. The number of likely N-dealkylation sites (N-methyl/N-ethyl adjacent to an activating group) is 1. The first-order chi connectivity index (χ1) is 31.9. The van der Waals surface area contributed by atoms with Gasteiger partial charge in [0, 0.05) is 44.1 Å². The molecule has 5 amide bonds. The third-order valence-electron chi connectivity index (χ3n) is 11.3. The molecule has 10 N–H and O–H groups in total. The summed E-state index contributed by atoms with van der Waals surface area (Å²) < 4.78 is 12.2. The Morgan fingerprint density at radius 1 is 0.881 bits per heavy atom. The molecule has 4 atom stereocenters. The highest BCUT2D eigenvalue weighted by molar-refractivity contribution is 6.00. The molecule has 2 heterocycles. The molecule has 0 aliphatic carbocycles. The van der Waals surface area contributed by atoms with Crippen LogP contribution in [0.2, 0.25) is 0 Å². The zero-order valence-corrected chi connectivity index (χ0v) is 39.3. The summed E-state index contributed by atoms with van der Waals surface area (Å²) in [5.41, 5.74) is 22.9. The number of nitrogens with zero attached hydrogens (tertiary/aromatic N) is 4. The van der Waals surface area contributed by atoms with Gasteiger partial charge in [0.05, 0.1) is 23.0 Å². The molecule has 0 radical (unpaired) electrons. The molecule has 356 valence electrons. The van der Waals surface area contributed by atoms with E-state index in [1.807, 2.05) is 18.2 Å². The molecule has 4 aromatic rings. The van der Waals surface area contributed by atoms with Crippen molar-refractivity contribution >= 4 is 29.5 Å². The van der Waals surface area contributed by atoms with Crippen LogP contribution in [0.25, 0.3) is 11.1 Å². The van der Waals surface area contributed by atoms with E-state index in [-0.39, 0.29) is 63.2 Å². The van der Waals surface area contributed by atoms with Crippen LogP contribution in [-0.2, 0) is 37.4 Å². The van der Waals surface area contributed by atoms with Crippen molar-refractivity contribution in [1.82, 2.24) is 36.1 Å². The molecule has 1 aliphatic rings. The van der Waals surface area contributed by atoms with Crippen LogP contribution in [0, 0.1) is 25.2 Å². The number of rotatable bonds is 16. The minimum Gasteiger partial charge on any atom is -0.492 e. The number of nitriles is 1. The Hall–Kier alpha value is -6.94. The van der Waals surface area contributed by atoms with Gasteiger partial charge in [0.2, 0.25) is 23.6 Å². The first kappa shape index (κ1) is 51.1. The Kier molecular flexibility index (Phi) is 17.5. The molecule has 67 heavy (non-hydrogen) atoms. The molecular formula is C49H63N11O7. The standard InChI is InChI=1S/C49H63N11O7/c1-28-42(29(2)56-41(55-28)26-31-8-12-34(13-9-31)49(4,5)6)46(63)58-37(16-17-50)48(65)60(7)43-33-11-15-40(67-23-20-53)36(27-33)35-24-32(10-14-39(35)66-22-19-52)25-38(45(62)54-21-18-51)59-44(61)30(3)57-47(43)64/h8-15,24,27,30,37-38,43H,16-17,19-23,25-26,50,52-53H2,1-7H3,(H,54,62)(H,57,64)(H,58,63)(H,59,61)/t30-,37-,38-,43-/m0/s1. The summed E-state index contributed by atoms with van der Waals surface area (Å²) in [4.78, 5) is 81.1. The Bertz CT molecular complexity index is 2460. The molecule has 0 spiro atoms. The zero-order chi connectivity index (χ0) is 49.0. The Morgan fingerprint density at radius 3 is 2.07 bits per heavy atom. The van der Waals surface area contributed by atoms with Crippen molar-refractivity contribution in [3.05, 3.63) is 106 Å². The van der Waals surface area contributed by atoms with Gasteiger partial charge in [0.1, 0.15) is 61.2 Å². The van der Waals surface area contributed by atoms with Crippen molar-refractivity contribution in [1.29, 1.82) is 5.26 Å². The number of hydrogen-bond acceptors (Lipinski definition) is 13. The van der Waals surface area contributed by atoms with Gasteiger partial charge < -0.3 is 52.8 Å². The van der Waals surface area contributed by atoms with Crippen LogP contribution in [0.15, 0.2) is 60.7 Å². The maximum atomic E-state index is 14.7. The summed E-state index contributed by atoms with van der Waals surface area (Å²) in [7, 11) is 1.42. The van der Waals surface area contributed by atoms with Crippen molar-refractivity contribution in [2.75, 3.05) is 46.4 Å². The van der Waals surface area contributed by atoms with Crippen LogP contribution in [0.1, 0.15) is 90.0 Å². The summed E-state index contributed by atoms with van der Waals surface area (Å²) in [6.07, 6.45) is 0.456. The minimum absolute atomic E-state index is 0.00217. The molecule has 0 fully saturated rings. The lowest BCUT2D eigenvalue weighted by atomic mass is 9.86. The van der Waals surface area contributed by atoms with E-state index in [4.69, 9.17) is 26.7 Å². The number of benzene rings is 3. The number of fused-ring (bicyclic) bond motifs is 5. The highest BCUT2D eigenvalue weighted by Gasteiger charge is 2.36. The highest BCUT2D eigenvalue weighted by Crippen LogP contribution is 2.40. The van der Waals surface area contributed by atoms with E-state index in [9.17, 15) is 29.2 Å². The first-order valence-corrected chi connectivity index (χ1v) is 22.3. The first-order valence-electron chi connectivity index (χ1n) is 22.3. The van der Waals surface area contributed by atoms with Crippen LogP contribution in [0.3, 0.4) is 0 Å². The van der Waals surface area contributed by atoms with Gasteiger partial charge in [-0.3, -0.25) is 24.0 Å². The maximum Gasteiger partial charge on any atom is 0.255 e. The molecule has 5 rings (SSSR count). The van der Waals surface area contributed by atoms with Gasteiger partial charge in [0.15, 0.2) is 0 Å². The summed E-state index contributed by atoms with van der Waals surface area (Å²) in [6.45, 7) is 11.7. The highest BCUT2D eigenvalue weighted by atomic mass is 16.5. The second-order valence-corrected chi connectivity index (χ2v) is 17.5. The Labute approximate surface area is 391 Å². The second-order valence-electron chi connectivity index (χ2n) is 17.5. The van der Waals surface area contributed by atoms with Crippen LogP contribution < -0.4 is 47.9 Å². The number of carbonyl (C=O) groups excluding carboxylic acids is 5. The van der Waals surface area contributed by atoms with Crippen LogP contribution in [-0.4, -0.2) is 109 Å². The summed E-state index contributed by atoms with van der Waals surface area (Å²) in [6, 6.07) is 15.3. The fourth-order valence-electron chi connectivity index (χ4n) is 7.86. The third-order valence-corrected chi connectivity index (χ3v) is 11.3. The van der Waals surface area contributed by atoms with Gasteiger partial charge in [-0.2, -0.15) is 5.26 Å². The summed E-state index contributed by atoms with van der Waals surface area (Å²) in [5.74, 6) is -2.02. The molecule has 0 saturated heterocycles. The van der Waals surface area contributed by atoms with Crippen molar-refractivity contribution in [2.45, 2.75) is 90.4 Å². The van der Waals surface area contributed by atoms with Gasteiger partial charge in [-0.15, -0.1) is 0 Å². The van der Waals surface area contributed by atoms with E-state index in [2.05, 4.69) is 64.1 Å². The smallest absolute Gasteiger partial charge is 0.255 e. The second kappa shape index (κ2) is 23.0. The number of hydrogen-bond donors (Lipinski definition) is 7. The molecule has 0 unspecified atom stereocenters. The molecule has 18 nitrogen and oxygen atoms in total. The molecule has 0 saturated carbocycles. The Morgan fingerprint density at radius 2 is 1.49 bits per heavy atom. The molecule has 1 aromatic heterocycles. The summed E-state index contributed by atoms with van der Waals surface area (Å²) in [5, 5.41) is 19.9. The number of nitrogens with two attached hydrogens (primary N) is 3. The molecule has 4 bridgehead atoms. The van der Waals surface area contributed by atoms with Crippen LogP contribution in [0.4, 0.5) is 0 Å². The number of ether oxygens (including phenoxy) is 2. The van der Waals surface area contributed by atoms with Crippen LogP contribution in [0.5, 0.6) is 11.5 Å². The normalized spacial score (nSPS) is 16.6. The lowest BCUT2D eigenvalue weighted by Gasteiger charge is -2.32. The Balaban J connectivity index is 1.54. The topological polar surface area (TPSA) is 283 Å². The SMILES string of the molecule is Cc1nc(Cc2ccc(C(C)(C)C)cc2)nc(C)c1C(=O)N[C@@H](CCN)C(=O)N(C)[C@@H]1C(=O)N[C@@H](C)C(=O)N[C@H](C(=O)NCC#N)Cc2ccc(OCCN)c(c2)-c2cc1ccc2OCCN. The quantitative estimate of drug-likeness (QED) is 0.0795. The fourth-order valence-corrected chi connectivity index (χ4v) is 7.86. The fraction of sp³-hybridized carbons (Fsp3) is 0.429. The monoisotopic (exact) mass is 917 g/mol. The van der Waals surface area contributed by atoms with Gasteiger partial charge in [-0.05, 0) is 85.7 Å². The van der Waals surface area contributed by atoms with Gasteiger partial charge in [-0.1, -0.05) is 57.2 Å². The maximum absolute atomic E-state index is 14.7. The van der Waals surface area contributed by atoms with Crippen molar-refractivity contribution in [3.63, 3.8) is 0 Å². The van der Waals surface area contributed by atoms with Crippen LogP contribution >= 0.6 is 0 Å². The van der Waals surface area contributed by atoms with E-state index in [0.29, 0.717) is 57.4 Å². The van der Waals surface area contributed by atoms with E-state index in [1.54, 1.807) is 50.2 Å². The minimum atomic E-state index is -1.40. The van der Waals surface area contributed by atoms with Crippen molar-refractivity contribution in [3.8, 4) is 28.7 Å². The van der Waals surface area contributed by atoms with E-state index in [1.165, 1.54) is 24.4 Å². The average molecular weight is 918 g/mol. The number of amides is 5. The van der Waals surface area contributed by atoms with Crippen molar-refractivity contribution < 1.29 is 33.4 Å². The van der Waals surface area contributed by atoms with Crippen molar-refractivity contribution in [2.24, 2.45) is 17.2 Å². The largest absolute Gasteiger partial charge is 0.492 e. The molecule has 1 aliphatic heterocycles. The predicted octanol–water partition coefficient (Wildman–Crippen LogP) is 2.16. The lowest BCUT2D eigenvalue weighted by molar-refractivity contribution is -0.141. The van der Waals surface area contributed by atoms with E-state index >= 15 is 0 Å². The number of aromatic nitrogens is 2. The summed E-state index contributed by atoms with van der Waals surface area (Å²) >= 11 is 0. The average Bonchev–Trinajstić information content (AvgIpc) is 3.28. The molecule has 18 heteroatoms. The van der Waals surface area contributed by atoms with E-state index in [0.717, 1.165) is 5.56 Å². The number of nitrogens with one attached hydrogen (secondary N) is 4.